The van der Waals surface area contributed by atoms with Crippen LogP contribution < -0.4 is 10.5 Å². The molecular weight excluding hydrogens is 280 g/mol. The lowest BCUT2D eigenvalue weighted by atomic mass is 10.0. The minimum absolute atomic E-state index is 0.196. The Morgan fingerprint density at radius 3 is 2.63 bits per heavy atom. The lowest BCUT2D eigenvalue weighted by Gasteiger charge is -2.11. The number of fused-ring (bicyclic) bond motifs is 5. The maximum atomic E-state index is 12.4. The van der Waals surface area contributed by atoms with Crippen molar-refractivity contribution in [2.75, 3.05) is 0 Å². The Morgan fingerprint density at radius 1 is 1.32 bits per heavy atom. The van der Waals surface area contributed by atoms with Crippen LogP contribution in [-0.4, -0.2) is 14.5 Å². The molecule has 4 unspecified atom stereocenters. The van der Waals surface area contributed by atoms with Crippen molar-refractivity contribution >= 4 is 21.4 Å². The molecule has 6 heteroatoms. The molecule has 0 aliphatic heterocycles. The summed E-state index contributed by atoms with van der Waals surface area (Å²) in [4.78, 5) is 1.14. The number of sulfonamides is 1. The summed E-state index contributed by atoms with van der Waals surface area (Å²) in [5, 5.41) is 1.80. The molecule has 0 amide bonds. The summed E-state index contributed by atoms with van der Waals surface area (Å²) in [6, 6.07) is 1.86. The standard InChI is InChI=1S/C13H18N2O2S2/c14-6-9-10(3-4-18-9)19(16,17)15-13-11-7-1-2-8(5-7)12(11)13/h3-4,7-8,11-13,15H,1-2,5-6,14H2. The highest BCUT2D eigenvalue weighted by molar-refractivity contribution is 7.89. The summed E-state index contributed by atoms with van der Waals surface area (Å²) in [6.07, 6.45) is 3.94. The van der Waals surface area contributed by atoms with Gasteiger partial charge in [0.15, 0.2) is 0 Å². The molecule has 0 spiro atoms. The minimum atomic E-state index is -3.38. The van der Waals surface area contributed by atoms with Crippen LogP contribution in [0.5, 0.6) is 0 Å². The van der Waals surface area contributed by atoms with Gasteiger partial charge in [0.25, 0.3) is 0 Å². The predicted molar refractivity (Wildman–Crippen MR) is 74.1 cm³/mol. The molecular formula is C13H18N2O2S2. The first-order valence-corrected chi connectivity index (χ1v) is 9.27. The van der Waals surface area contributed by atoms with E-state index in [9.17, 15) is 8.42 Å². The van der Waals surface area contributed by atoms with Crippen LogP contribution in [-0.2, 0) is 16.6 Å². The molecule has 1 heterocycles. The fourth-order valence-corrected chi connectivity index (χ4v) is 7.08. The third kappa shape index (κ3) is 1.73. The van der Waals surface area contributed by atoms with Crippen LogP contribution in [0, 0.1) is 23.7 Å². The molecule has 3 N–H and O–H groups in total. The topological polar surface area (TPSA) is 72.2 Å². The quantitative estimate of drug-likeness (QED) is 0.885. The number of nitrogens with two attached hydrogens (primary N) is 1. The van der Waals surface area contributed by atoms with Gasteiger partial charge < -0.3 is 5.73 Å². The third-order valence-corrected chi connectivity index (χ3v) is 7.82. The van der Waals surface area contributed by atoms with Crippen molar-refractivity contribution in [2.24, 2.45) is 29.4 Å². The smallest absolute Gasteiger partial charge is 0.241 e. The second-order valence-electron chi connectivity index (χ2n) is 6.05. The van der Waals surface area contributed by atoms with Gasteiger partial charge in [-0.1, -0.05) is 0 Å². The zero-order chi connectivity index (χ0) is 13.2. The lowest BCUT2D eigenvalue weighted by Crippen LogP contribution is -2.30. The van der Waals surface area contributed by atoms with E-state index in [1.54, 1.807) is 11.4 Å². The number of hydrogen-bond donors (Lipinski definition) is 2. The van der Waals surface area contributed by atoms with Gasteiger partial charge in [0.2, 0.25) is 10.0 Å². The second-order valence-corrected chi connectivity index (χ2v) is 8.73. The van der Waals surface area contributed by atoms with Crippen LogP contribution in [0.25, 0.3) is 0 Å². The molecule has 0 saturated heterocycles. The molecule has 4 nitrogen and oxygen atoms in total. The van der Waals surface area contributed by atoms with E-state index in [0.29, 0.717) is 16.7 Å². The number of thiophene rings is 1. The maximum absolute atomic E-state index is 12.4. The molecule has 3 aliphatic carbocycles. The van der Waals surface area contributed by atoms with Gasteiger partial charge in [-0.2, -0.15) is 0 Å². The first kappa shape index (κ1) is 12.3. The Morgan fingerprint density at radius 2 is 2.00 bits per heavy atom. The molecule has 0 aromatic carbocycles. The van der Waals surface area contributed by atoms with Gasteiger partial charge in [0.1, 0.15) is 0 Å². The van der Waals surface area contributed by atoms with Gasteiger partial charge in [-0.05, 0) is 54.4 Å². The zero-order valence-corrected chi connectivity index (χ0v) is 12.2. The summed E-state index contributed by atoms with van der Waals surface area (Å²) >= 11 is 1.41. The van der Waals surface area contributed by atoms with E-state index in [4.69, 9.17) is 5.73 Å². The van der Waals surface area contributed by atoms with Crippen LogP contribution in [0.3, 0.4) is 0 Å². The number of rotatable bonds is 4. The molecule has 1 aromatic heterocycles. The largest absolute Gasteiger partial charge is 0.326 e. The van der Waals surface area contributed by atoms with Gasteiger partial charge in [-0.25, -0.2) is 13.1 Å². The van der Waals surface area contributed by atoms with Crippen molar-refractivity contribution in [3.05, 3.63) is 16.3 Å². The van der Waals surface area contributed by atoms with Crippen molar-refractivity contribution in [2.45, 2.75) is 36.7 Å². The predicted octanol–water partition coefficient (Wildman–Crippen LogP) is 1.53. The summed E-state index contributed by atoms with van der Waals surface area (Å²) < 4.78 is 27.8. The van der Waals surface area contributed by atoms with Crippen molar-refractivity contribution in [3.8, 4) is 0 Å². The summed E-state index contributed by atoms with van der Waals surface area (Å²) in [7, 11) is -3.38. The molecule has 19 heavy (non-hydrogen) atoms. The van der Waals surface area contributed by atoms with E-state index >= 15 is 0 Å². The van der Waals surface area contributed by atoms with Gasteiger partial charge in [-0.3, -0.25) is 0 Å². The second kappa shape index (κ2) is 4.04. The first-order chi connectivity index (χ1) is 9.12. The lowest BCUT2D eigenvalue weighted by molar-refractivity contribution is 0.456. The van der Waals surface area contributed by atoms with E-state index < -0.39 is 10.0 Å². The Hall–Kier alpha value is -0.430. The van der Waals surface area contributed by atoms with Gasteiger partial charge in [-0.15, -0.1) is 11.3 Å². The molecule has 3 fully saturated rings. The average molecular weight is 298 g/mol. The van der Waals surface area contributed by atoms with Crippen LogP contribution >= 0.6 is 11.3 Å². The SMILES string of the molecule is NCc1sccc1S(=O)(=O)NC1C2C3CCC(C3)C12. The zero-order valence-electron chi connectivity index (χ0n) is 10.6. The highest BCUT2D eigenvalue weighted by atomic mass is 32.2. The highest BCUT2D eigenvalue weighted by Gasteiger charge is 2.65. The Balaban J connectivity index is 1.55. The fraction of sp³-hybridized carbons (Fsp3) is 0.692. The summed E-state index contributed by atoms with van der Waals surface area (Å²) in [6.45, 7) is 0.288. The van der Waals surface area contributed by atoms with Crippen molar-refractivity contribution in [3.63, 3.8) is 0 Å². The van der Waals surface area contributed by atoms with Crippen LogP contribution in [0.4, 0.5) is 0 Å². The molecule has 3 aliphatic rings. The number of nitrogens with one attached hydrogen (secondary N) is 1. The van der Waals surface area contributed by atoms with Crippen LogP contribution in [0.15, 0.2) is 16.3 Å². The van der Waals surface area contributed by atoms with Gasteiger partial charge in [0, 0.05) is 17.5 Å². The Kier molecular flexibility index (Phi) is 2.62. The highest BCUT2D eigenvalue weighted by Crippen LogP contribution is 2.65. The van der Waals surface area contributed by atoms with Gasteiger partial charge in [0.05, 0.1) is 4.90 Å². The van der Waals surface area contributed by atoms with Gasteiger partial charge >= 0.3 is 0 Å². The van der Waals surface area contributed by atoms with Crippen LogP contribution in [0.2, 0.25) is 0 Å². The van der Waals surface area contributed by atoms with E-state index in [1.807, 2.05) is 0 Å². The summed E-state index contributed by atoms with van der Waals surface area (Å²) in [5.74, 6) is 2.79. The Labute approximate surface area is 117 Å². The molecule has 104 valence electrons. The number of hydrogen-bond acceptors (Lipinski definition) is 4. The van der Waals surface area contributed by atoms with Crippen molar-refractivity contribution < 1.29 is 8.42 Å². The van der Waals surface area contributed by atoms with Crippen molar-refractivity contribution in [1.82, 2.24) is 4.72 Å². The minimum Gasteiger partial charge on any atom is -0.326 e. The maximum Gasteiger partial charge on any atom is 0.241 e. The average Bonchev–Trinajstić information content (AvgIpc) is 2.87. The summed E-state index contributed by atoms with van der Waals surface area (Å²) in [5.41, 5.74) is 5.60. The third-order valence-electron chi connectivity index (χ3n) is 5.21. The molecule has 1 aromatic rings. The van der Waals surface area contributed by atoms with E-state index in [1.165, 1.54) is 30.6 Å². The van der Waals surface area contributed by atoms with E-state index in [0.717, 1.165) is 16.7 Å². The molecule has 2 bridgehead atoms. The molecule has 4 rings (SSSR count). The van der Waals surface area contributed by atoms with E-state index in [2.05, 4.69) is 4.72 Å². The molecule has 0 radical (unpaired) electrons. The fourth-order valence-electron chi connectivity index (χ4n) is 4.44. The normalized spacial score (nSPS) is 39.5. The van der Waals surface area contributed by atoms with Crippen LogP contribution in [0.1, 0.15) is 24.1 Å². The van der Waals surface area contributed by atoms with E-state index in [-0.39, 0.29) is 12.6 Å². The molecule has 3 saturated carbocycles. The molecule has 4 atom stereocenters. The van der Waals surface area contributed by atoms with Crippen molar-refractivity contribution in [1.29, 1.82) is 0 Å². The Bertz CT molecular complexity index is 594. The monoisotopic (exact) mass is 298 g/mol. The first-order valence-electron chi connectivity index (χ1n) is 6.90.